The van der Waals surface area contributed by atoms with Crippen molar-refractivity contribution < 1.29 is 4.79 Å². The van der Waals surface area contributed by atoms with Crippen molar-refractivity contribution in [3.8, 4) is 0 Å². The first-order valence-electron chi connectivity index (χ1n) is 9.06. The van der Waals surface area contributed by atoms with Gasteiger partial charge in [0.2, 0.25) is 0 Å². The van der Waals surface area contributed by atoms with E-state index in [1.165, 1.54) is 18.4 Å². The second kappa shape index (κ2) is 5.82. The lowest BCUT2D eigenvalue weighted by Crippen LogP contribution is -2.51. The molecule has 0 saturated carbocycles. The largest absolute Gasteiger partial charge is 0.335 e. The first-order valence-corrected chi connectivity index (χ1v) is 9.06. The molecule has 1 N–H and O–H groups in total. The fourth-order valence-electron chi connectivity index (χ4n) is 4.82. The third kappa shape index (κ3) is 2.53. The number of nitrogens with zero attached hydrogens (tertiary/aromatic N) is 2. The lowest BCUT2D eigenvalue weighted by molar-refractivity contribution is 0.150. The molecule has 3 aliphatic rings. The molecule has 1 aromatic rings. The molecule has 0 radical (unpaired) electrons. The van der Waals surface area contributed by atoms with Crippen molar-refractivity contribution in [2.45, 2.75) is 63.1 Å². The molecule has 2 bridgehead atoms. The monoisotopic (exact) mass is 313 g/mol. The highest BCUT2D eigenvalue weighted by atomic mass is 16.2. The molecule has 4 nitrogen and oxygen atoms in total. The number of amides is 2. The van der Waals surface area contributed by atoms with Crippen molar-refractivity contribution in [2.75, 3.05) is 18.5 Å². The SMILES string of the molecule is CCC1CN(C(=O)NC2C[C@H]3CC[C@@H](C2)N3C)c2ccccc21. The minimum Gasteiger partial charge on any atom is -0.335 e. The van der Waals surface area contributed by atoms with Gasteiger partial charge in [-0.25, -0.2) is 4.79 Å². The standard InChI is InChI=1S/C19H27N3O/c1-3-13-12-22(18-7-5-4-6-17(13)18)19(23)20-14-10-15-8-9-16(11-14)21(15)2/h4-7,13-16H,3,8-12H2,1-2H3,(H,20,23)/t13?,14?,15-,16+. The van der Waals surface area contributed by atoms with Gasteiger partial charge >= 0.3 is 6.03 Å². The lowest BCUT2D eigenvalue weighted by atomic mass is 9.98. The molecule has 0 aliphatic carbocycles. The van der Waals surface area contributed by atoms with Crippen LogP contribution in [0.4, 0.5) is 10.5 Å². The van der Waals surface area contributed by atoms with E-state index < -0.39 is 0 Å². The number of urea groups is 1. The minimum absolute atomic E-state index is 0.0994. The number of rotatable bonds is 2. The molecule has 4 heteroatoms. The van der Waals surface area contributed by atoms with Crippen molar-refractivity contribution in [2.24, 2.45) is 0 Å². The summed E-state index contributed by atoms with van der Waals surface area (Å²) < 4.78 is 0. The molecule has 4 atom stereocenters. The minimum atomic E-state index is 0.0994. The Balaban J connectivity index is 1.46. The molecule has 3 aliphatic heterocycles. The van der Waals surface area contributed by atoms with Crippen LogP contribution in [0.5, 0.6) is 0 Å². The van der Waals surface area contributed by atoms with E-state index in [1.54, 1.807) is 0 Å². The second-order valence-electron chi connectivity index (χ2n) is 7.44. The molecule has 2 unspecified atom stereocenters. The molecule has 3 heterocycles. The van der Waals surface area contributed by atoms with Gasteiger partial charge in [-0.3, -0.25) is 4.90 Å². The van der Waals surface area contributed by atoms with Gasteiger partial charge in [-0.1, -0.05) is 25.1 Å². The number of benzene rings is 1. The number of carbonyl (C=O) groups excluding carboxylic acids is 1. The maximum atomic E-state index is 12.9. The first-order chi connectivity index (χ1) is 11.2. The van der Waals surface area contributed by atoms with Gasteiger partial charge in [-0.15, -0.1) is 0 Å². The van der Waals surface area contributed by atoms with E-state index in [0.29, 0.717) is 24.0 Å². The van der Waals surface area contributed by atoms with Crippen LogP contribution in [0.1, 0.15) is 50.5 Å². The molecule has 2 amide bonds. The Morgan fingerprint density at radius 2 is 1.91 bits per heavy atom. The summed E-state index contributed by atoms with van der Waals surface area (Å²) in [4.78, 5) is 17.3. The van der Waals surface area contributed by atoms with Gasteiger partial charge in [0, 0.05) is 36.3 Å². The molecule has 4 rings (SSSR count). The highest BCUT2D eigenvalue weighted by Gasteiger charge is 2.40. The number of piperidine rings is 1. The Kier molecular flexibility index (Phi) is 3.80. The molecular weight excluding hydrogens is 286 g/mol. The first kappa shape index (κ1) is 15.0. The Morgan fingerprint density at radius 1 is 1.22 bits per heavy atom. The van der Waals surface area contributed by atoms with Gasteiger partial charge in [-0.05, 0) is 50.8 Å². The van der Waals surface area contributed by atoms with Gasteiger partial charge in [-0.2, -0.15) is 0 Å². The van der Waals surface area contributed by atoms with Gasteiger partial charge in [0.15, 0.2) is 0 Å². The zero-order valence-electron chi connectivity index (χ0n) is 14.2. The highest BCUT2D eigenvalue weighted by Crippen LogP contribution is 2.38. The molecule has 23 heavy (non-hydrogen) atoms. The average molecular weight is 313 g/mol. The van der Waals surface area contributed by atoms with Gasteiger partial charge in [0.1, 0.15) is 0 Å². The van der Waals surface area contributed by atoms with Crippen LogP contribution in [0, 0.1) is 0 Å². The van der Waals surface area contributed by atoms with Gasteiger partial charge in [0.25, 0.3) is 0 Å². The number of nitrogens with one attached hydrogen (secondary N) is 1. The Bertz CT molecular complexity index is 588. The molecule has 2 saturated heterocycles. The molecular formula is C19H27N3O. The molecule has 0 aromatic heterocycles. The predicted octanol–water partition coefficient (Wildman–Crippen LogP) is 3.34. The van der Waals surface area contributed by atoms with Crippen LogP contribution in [0.25, 0.3) is 0 Å². The highest BCUT2D eigenvalue weighted by molar-refractivity contribution is 5.94. The molecule has 0 spiro atoms. The van der Waals surface area contributed by atoms with Crippen molar-refractivity contribution >= 4 is 11.7 Å². The van der Waals surface area contributed by atoms with Gasteiger partial charge < -0.3 is 10.2 Å². The molecule has 1 aromatic carbocycles. The Labute approximate surface area is 138 Å². The normalized spacial score (nSPS) is 32.9. The third-order valence-electron chi connectivity index (χ3n) is 6.23. The van der Waals surface area contributed by atoms with Crippen molar-refractivity contribution in [1.29, 1.82) is 0 Å². The molecule has 124 valence electrons. The summed E-state index contributed by atoms with van der Waals surface area (Å²) >= 11 is 0. The van der Waals surface area contributed by atoms with E-state index in [0.717, 1.165) is 31.5 Å². The number of hydrogen-bond acceptors (Lipinski definition) is 2. The summed E-state index contributed by atoms with van der Waals surface area (Å²) in [5.41, 5.74) is 2.43. The maximum absolute atomic E-state index is 12.9. The van der Waals surface area contributed by atoms with Crippen LogP contribution in [0.15, 0.2) is 24.3 Å². The number of anilines is 1. The maximum Gasteiger partial charge on any atom is 0.322 e. The number of hydrogen-bond donors (Lipinski definition) is 1. The van der Waals surface area contributed by atoms with Crippen LogP contribution in [-0.2, 0) is 0 Å². The average Bonchev–Trinajstić information content (AvgIpc) is 3.01. The van der Waals surface area contributed by atoms with Crippen LogP contribution in [-0.4, -0.2) is 42.6 Å². The summed E-state index contributed by atoms with van der Waals surface area (Å²) in [5, 5.41) is 3.33. The fraction of sp³-hybridized carbons (Fsp3) is 0.632. The van der Waals surface area contributed by atoms with E-state index >= 15 is 0 Å². The number of carbonyl (C=O) groups is 1. The Hall–Kier alpha value is -1.55. The summed E-state index contributed by atoms with van der Waals surface area (Å²) in [6, 6.07) is 10.1. The zero-order chi connectivity index (χ0) is 16.0. The summed E-state index contributed by atoms with van der Waals surface area (Å²) in [7, 11) is 2.24. The summed E-state index contributed by atoms with van der Waals surface area (Å²) in [6.45, 7) is 3.03. The Morgan fingerprint density at radius 3 is 2.61 bits per heavy atom. The predicted molar refractivity (Wildman–Crippen MR) is 92.9 cm³/mol. The second-order valence-corrected chi connectivity index (χ2v) is 7.44. The van der Waals surface area contributed by atoms with Crippen LogP contribution in [0.3, 0.4) is 0 Å². The summed E-state index contributed by atoms with van der Waals surface area (Å²) in [6.07, 6.45) is 5.87. The van der Waals surface area contributed by atoms with Crippen molar-refractivity contribution in [1.82, 2.24) is 10.2 Å². The van der Waals surface area contributed by atoms with E-state index in [-0.39, 0.29) is 6.03 Å². The third-order valence-corrected chi connectivity index (χ3v) is 6.23. The number of para-hydroxylation sites is 1. The number of fused-ring (bicyclic) bond motifs is 3. The molecule has 2 fully saturated rings. The smallest absolute Gasteiger partial charge is 0.322 e. The van der Waals surface area contributed by atoms with Crippen LogP contribution < -0.4 is 10.2 Å². The fourth-order valence-corrected chi connectivity index (χ4v) is 4.82. The van der Waals surface area contributed by atoms with Crippen molar-refractivity contribution in [3.63, 3.8) is 0 Å². The van der Waals surface area contributed by atoms with E-state index in [1.807, 2.05) is 11.0 Å². The quantitative estimate of drug-likeness (QED) is 0.909. The zero-order valence-corrected chi connectivity index (χ0v) is 14.2. The van der Waals surface area contributed by atoms with E-state index in [4.69, 9.17) is 0 Å². The van der Waals surface area contributed by atoms with Crippen LogP contribution >= 0.6 is 0 Å². The van der Waals surface area contributed by atoms with Crippen LogP contribution in [0.2, 0.25) is 0 Å². The lowest BCUT2D eigenvalue weighted by Gasteiger charge is -2.37. The van der Waals surface area contributed by atoms with E-state index in [9.17, 15) is 4.79 Å². The van der Waals surface area contributed by atoms with Crippen molar-refractivity contribution in [3.05, 3.63) is 29.8 Å². The topological polar surface area (TPSA) is 35.6 Å². The van der Waals surface area contributed by atoms with E-state index in [2.05, 4.69) is 42.4 Å². The van der Waals surface area contributed by atoms with Gasteiger partial charge in [0.05, 0.1) is 0 Å². The summed E-state index contributed by atoms with van der Waals surface area (Å²) in [5.74, 6) is 0.477.